The van der Waals surface area contributed by atoms with Gasteiger partial charge in [-0.2, -0.15) is 17.4 Å². The van der Waals surface area contributed by atoms with Crippen LogP contribution in [0.2, 0.25) is 0 Å². The van der Waals surface area contributed by atoms with Crippen molar-refractivity contribution in [3.05, 3.63) is 0 Å². The Kier molecular flexibility index (Phi) is 6.19. The first-order chi connectivity index (χ1) is 8.80. The van der Waals surface area contributed by atoms with E-state index in [0.29, 0.717) is 25.6 Å². The molecule has 0 unspecified atom stereocenters. The molecule has 2 N–H and O–H groups in total. The number of hydrogen-bond acceptors (Lipinski definition) is 4. The van der Waals surface area contributed by atoms with Crippen LogP contribution in [0.25, 0.3) is 0 Å². The minimum absolute atomic E-state index is 0.350. The molecule has 0 aromatic carbocycles. The minimum Gasteiger partial charge on any atom is -0.383 e. The Balaban J connectivity index is 2.55. The van der Waals surface area contributed by atoms with Gasteiger partial charge in [0.15, 0.2) is 0 Å². The number of nitrogens with zero attached hydrogens (tertiary/aromatic N) is 1. The third-order valence-corrected chi connectivity index (χ3v) is 5.17. The lowest BCUT2D eigenvalue weighted by Crippen LogP contribution is -2.54. The molecule has 7 heteroatoms. The van der Waals surface area contributed by atoms with Crippen LogP contribution in [-0.4, -0.2) is 58.7 Å². The van der Waals surface area contributed by atoms with Gasteiger partial charge in [0.05, 0.1) is 12.1 Å². The van der Waals surface area contributed by atoms with Gasteiger partial charge in [-0.3, -0.25) is 0 Å². The van der Waals surface area contributed by atoms with Gasteiger partial charge >= 0.3 is 0 Å². The molecule has 0 radical (unpaired) electrons. The third-order valence-electron chi connectivity index (χ3n) is 3.32. The summed E-state index contributed by atoms with van der Waals surface area (Å²) in [5.41, 5.74) is -0.588. The smallest absolute Gasteiger partial charge is 0.280 e. The van der Waals surface area contributed by atoms with Gasteiger partial charge in [0, 0.05) is 20.2 Å². The fraction of sp³-hybridized carbons (Fsp3) is 1.00. The van der Waals surface area contributed by atoms with E-state index in [1.54, 1.807) is 7.11 Å². The van der Waals surface area contributed by atoms with Gasteiger partial charge in [-0.05, 0) is 46.2 Å². The van der Waals surface area contributed by atoms with E-state index in [9.17, 15) is 8.42 Å². The second-order valence-electron chi connectivity index (χ2n) is 5.82. The molecule has 1 rings (SSSR count). The van der Waals surface area contributed by atoms with E-state index in [2.05, 4.69) is 10.0 Å². The van der Waals surface area contributed by atoms with Crippen LogP contribution < -0.4 is 10.0 Å². The first-order valence-electron chi connectivity index (χ1n) is 6.73. The van der Waals surface area contributed by atoms with Gasteiger partial charge in [-0.25, -0.2) is 0 Å². The van der Waals surface area contributed by atoms with E-state index in [1.807, 2.05) is 20.9 Å². The van der Waals surface area contributed by atoms with Crippen molar-refractivity contribution in [1.29, 1.82) is 0 Å². The van der Waals surface area contributed by atoms with Gasteiger partial charge in [0.25, 0.3) is 10.2 Å². The monoisotopic (exact) mass is 293 g/mol. The number of rotatable bonds is 7. The van der Waals surface area contributed by atoms with Gasteiger partial charge in [0.2, 0.25) is 0 Å². The lowest BCUT2D eigenvalue weighted by atomic mass is 9.98. The van der Waals surface area contributed by atoms with Crippen molar-refractivity contribution < 1.29 is 13.2 Å². The summed E-state index contributed by atoms with van der Waals surface area (Å²) >= 11 is 0. The lowest BCUT2D eigenvalue weighted by molar-refractivity contribution is 0.139. The summed E-state index contributed by atoms with van der Waals surface area (Å²) in [7, 11) is 0.0786. The van der Waals surface area contributed by atoms with Crippen LogP contribution in [0.1, 0.15) is 26.7 Å². The second kappa shape index (κ2) is 6.99. The van der Waals surface area contributed by atoms with Crippen molar-refractivity contribution in [3.8, 4) is 0 Å². The highest BCUT2D eigenvalue weighted by Gasteiger charge is 2.32. The summed E-state index contributed by atoms with van der Waals surface area (Å²) in [6, 6.07) is 0. The molecule has 6 nitrogen and oxygen atoms in total. The molecule has 1 fully saturated rings. The molecule has 0 aromatic heterocycles. The molecule has 1 aliphatic rings. The SMILES string of the molecule is CNCC1CCN(S(=O)(=O)NC(C)(C)COC)CC1. The van der Waals surface area contributed by atoms with Crippen molar-refractivity contribution in [1.82, 2.24) is 14.3 Å². The normalized spacial score (nSPS) is 19.8. The van der Waals surface area contributed by atoms with Gasteiger partial charge in [-0.15, -0.1) is 0 Å². The fourth-order valence-electron chi connectivity index (χ4n) is 2.45. The minimum atomic E-state index is -3.42. The number of hydrogen-bond donors (Lipinski definition) is 2. The standard InChI is InChI=1S/C12H27N3O3S/c1-12(2,10-18-4)14-19(16,17)15-7-5-11(6-8-15)9-13-3/h11,13-14H,5-10H2,1-4H3. The molecular formula is C12H27N3O3S. The lowest BCUT2D eigenvalue weighted by Gasteiger charge is -2.34. The molecule has 19 heavy (non-hydrogen) atoms. The summed E-state index contributed by atoms with van der Waals surface area (Å²) in [4.78, 5) is 0. The summed E-state index contributed by atoms with van der Waals surface area (Å²) in [6.07, 6.45) is 1.82. The van der Waals surface area contributed by atoms with E-state index in [-0.39, 0.29) is 0 Å². The van der Waals surface area contributed by atoms with E-state index in [1.165, 1.54) is 4.31 Å². The Morgan fingerprint density at radius 1 is 1.32 bits per heavy atom. The topological polar surface area (TPSA) is 70.7 Å². The van der Waals surface area contributed by atoms with E-state index in [4.69, 9.17) is 4.74 Å². The quantitative estimate of drug-likeness (QED) is 0.702. The molecule has 0 saturated carbocycles. The summed E-state index contributed by atoms with van der Waals surface area (Å²) < 4.78 is 33.8. The molecule has 0 aromatic rings. The predicted molar refractivity (Wildman–Crippen MR) is 76.2 cm³/mol. The van der Waals surface area contributed by atoms with Crippen LogP contribution in [0.5, 0.6) is 0 Å². The van der Waals surface area contributed by atoms with Crippen molar-refractivity contribution >= 4 is 10.2 Å². The van der Waals surface area contributed by atoms with E-state index in [0.717, 1.165) is 19.4 Å². The fourth-order valence-corrected chi connectivity index (χ4v) is 4.02. The Hall–Kier alpha value is -0.210. The van der Waals surface area contributed by atoms with Gasteiger partial charge in [-0.1, -0.05) is 0 Å². The first-order valence-corrected chi connectivity index (χ1v) is 8.17. The molecule has 0 atom stereocenters. The Bertz CT molecular complexity index is 362. The highest BCUT2D eigenvalue weighted by Crippen LogP contribution is 2.19. The number of nitrogens with one attached hydrogen (secondary N) is 2. The van der Waals surface area contributed by atoms with Crippen LogP contribution in [0, 0.1) is 5.92 Å². The maximum absolute atomic E-state index is 12.3. The molecule has 0 aliphatic carbocycles. The molecule has 1 saturated heterocycles. The van der Waals surface area contributed by atoms with Crippen molar-refractivity contribution in [2.75, 3.05) is 40.4 Å². The second-order valence-corrected chi connectivity index (χ2v) is 7.49. The van der Waals surface area contributed by atoms with Crippen molar-refractivity contribution in [2.45, 2.75) is 32.2 Å². The zero-order valence-electron chi connectivity index (χ0n) is 12.4. The maximum Gasteiger partial charge on any atom is 0.280 e. The third kappa shape index (κ3) is 5.35. The highest BCUT2D eigenvalue weighted by atomic mass is 32.2. The van der Waals surface area contributed by atoms with Crippen molar-refractivity contribution in [3.63, 3.8) is 0 Å². The molecule has 0 spiro atoms. The number of ether oxygens (including phenoxy) is 1. The zero-order valence-corrected chi connectivity index (χ0v) is 13.2. The number of methoxy groups -OCH3 is 1. The summed E-state index contributed by atoms with van der Waals surface area (Å²) in [6.45, 7) is 6.12. The van der Waals surface area contributed by atoms with Crippen LogP contribution in [0.4, 0.5) is 0 Å². The maximum atomic E-state index is 12.3. The average Bonchev–Trinajstić information content (AvgIpc) is 2.28. The van der Waals surface area contributed by atoms with Gasteiger partial charge in [0.1, 0.15) is 0 Å². The van der Waals surface area contributed by atoms with E-state index >= 15 is 0 Å². The largest absolute Gasteiger partial charge is 0.383 e. The Morgan fingerprint density at radius 3 is 2.37 bits per heavy atom. The zero-order chi connectivity index (χ0) is 14.5. The molecule has 1 heterocycles. The molecule has 0 amide bonds. The highest BCUT2D eigenvalue weighted by molar-refractivity contribution is 7.87. The Labute approximate surface area is 117 Å². The average molecular weight is 293 g/mol. The Morgan fingerprint density at radius 2 is 1.89 bits per heavy atom. The first kappa shape index (κ1) is 16.8. The number of piperidine rings is 1. The van der Waals surface area contributed by atoms with E-state index < -0.39 is 15.7 Å². The molecule has 1 aliphatic heterocycles. The summed E-state index contributed by atoms with van der Waals surface area (Å²) in [5.74, 6) is 0.573. The molecule has 114 valence electrons. The predicted octanol–water partition coefficient (Wildman–Crippen LogP) is 0.177. The van der Waals surface area contributed by atoms with Gasteiger partial charge < -0.3 is 10.1 Å². The van der Waals surface area contributed by atoms with Crippen molar-refractivity contribution in [2.24, 2.45) is 5.92 Å². The van der Waals surface area contributed by atoms with Crippen LogP contribution >= 0.6 is 0 Å². The van der Waals surface area contributed by atoms with Crippen LogP contribution in [0.3, 0.4) is 0 Å². The molecular weight excluding hydrogens is 266 g/mol. The summed E-state index contributed by atoms with van der Waals surface area (Å²) in [5, 5.41) is 3.15. The van der Waals surface area contributed by atoms with Crippen LogP contribution in [-0.2, 0) is 14.9 Å². The van der Waals surface area contributed by atoms with Crippen LogP contribution in [0.15, 0.2) is 0 Å². The molecule has 0 bridgehead atoms.